The number of aromatic hydroxyl groups is 3. The second-order valence-electron chi connectivity index (χ2n) is 30.8. The maximum atomic E-state index is 13.0. The quantitative estimate of drug-likeness (QED) is 0.0677. The van der Waals surface area contributed by atoms with Gasteiger partial charge in [0, 0.05) is 6.26 Å². The number of benzene rings is 16. The number of sulfone groups is 9. The fourth-order valence-corrected chi connectivity index (χ4v) is 25.8. The minimum absolute atomic E-state index is 0.0521. The highest BCUT2D eigenvalue weighted by molar-refractivity contribution is 7.93. The van der Waals surface area contributed by atoms with Gasteiger partial charge in [0.2, 0.25) is 59.0 Å². The molecule has 0 atom stereocenters. The molecule has 0 saturated carbocycles. The van der Waals surface area contributed by atoms with Gasteiger partial charge in [-0.2, -0.15) is 0 Å². The minimum atomic E-state index is -3.95. The number of aryl methyl sites for hydroxylation is 7. The Labute approximate surface area is 795 Å². The highest BCUT2D eigenvalue weighted by atomic mass is 35.5. The van der Waals surface area contributed by atoms with Crippen LogP contribution in [0.15, 0.2) is 462 Å². The zero-order chi connectivity index (χ0) is 98.5. The van der Waals surface area contributed by atoms with E-state index in [1.54, 1.807) is 227 Å². The summed E-state index contributed by atoms with van der Waals surface area (Å²) in [6, 6.07) is 105. The molecule has 0 aliphatic heterocycles. The molecule has 0 heterocycles. The van der Waals surface area contributed by atoms with Crippen LogP contribution in [0.25, 0.3) is 10.8 Å². The zero-order valence-electron chi connectivity index (χ0n) is 74.1. The molecule has 16 aromatic rings. The summed E-state index contributed by atoms with van der Waals surface area (Å²) in [5.41, 5.74) is 7.14. The third-order valence-electron chi connectivity index (χ3n) is 20.5. The summed E-state index contributed by atoms with van der Waals surface area (Å²) >= 11 is 5.88. The number of halogens is 1. The van der Waals surface area contributed by atoms with Gasteiger partial charge in [0.25, 0.3) is 0 Å². The lowest BCUT2D eigenvalue weighted by Gasteiger charge is -2.10. The smallest absolute Gasteiger partial charge is 0.213 e. The van der Waals surface area contributed by atoms with E-state index in [-0.39, 0.29) is 92.5 Å². The fraction of sp³-hybridized carbons (Fsp3) is 0.0962. The summed E-state index contributed by atoms with van der Waals surface area (Å²) in [6.45, 7) is 12.7. The molecule has 0 bridgehead atoms. The van der Waals surface area contributed by atoms with Crippen LogP contribution >= 0.6 is 11.6 Å². The average molecular weight is 2000 g/mol. The lowest BCUT2D eigenvalue weighted by molar-refractivity contribution is 0.452. The van der Waals surface area contributed by atoms with Crippen LogP contribution in [0.1, 0.15) is 50.1 Å². The van der Waals surface area contributed by atoms with Crippen LogP contribution in [0, 0.1) is 48.5 Å². The summed E-state index contributed by atoms with van der Waals surface area (Å²) in [7, 11) is -31.8. The second-order valence-corrected chi connectivity index (χ2v) is 48.7. The SMILES string of the molecule is CS(=O)(=O)c1ccc(S(=O)(=O)c2ccccc2)cc1.Cc1ccc(O)c(S(=O)(=O)c2cc(C)ccc2O)c1.Cc1ccc(O)c(S(=O)(=O)c2ccccc2)c1.Cc1ccc(S(=O)(=O)Cc2ccc(S(=O)(=O)c3ccc4ccccc4c3)cc2)cc1.Cc1ccccc1CS(=O)(=O)c1ccccc1.Cc1ccccc1S(=O)(=O)c1ccccc1C.O=S(=O)(c1ccccc1)c1ccccc1Cl. The summed E-state index contributed by atoms with van der Waals surface area (Å²) in [5.74, 6) is -1.01. The van der Waals surface area contributed by atoms with Gasteiger partial charge in [-0.1, -0.05) is 236 Å². The molecule has 0 unspecified atom stereocenters. The molecule has 0 aromatic heterocycles. The predicted octanol–water partition coefficient (Wildman–Crippen LogP) is 21.2. The van der Waals surface area contributed by atoms with E-state index in [0.29, 0.717) is 31.4 Å². The lowest BCUT2D eigenvalue weighted by atomic mass is 10.1. The molecule has 0 aliphatic rings. The topological polar surface area (TPSA) is 368 Å². The number of rotatable bonds is 19. The second kappa shape index (κ2) is 44.9. The lowest BCUT2D eigenvalue weighted by Crippen LogP contribution is -2.06. The van der Waals surface area contributed by atoms with E-state index >= 15 is 0 Å². The van der Waals surface area contributed by atoms with E-state index in [2.05, 4.69) is 0 Å². The standard InChI is InChI=1S/C24H20O4S2.C14H14O4S.2C14H14O2S.C13H12O4S2.C13H12O3S.C12H9ClO2S/c1-18-6-11-22(12-7-18)29(25,26)17-19-8-13-23(14-9-19)30(27,28)24-15-10-20-4-2-3-5-21(20)16-24;1-9-3-5-11(15)13(7-9)19(17,18)14-8-10(2)4-6-12(14)16;1-11-7-3-5-9-13(11)17(15,16)14-10-6-4-8-12(14)2;1-12-7-5-6-8-13(12)11-17(15,16)14-9-3-2-4-10-14;1-18(14,15)11-7-9-13(10-8-11)19(16,17)12-5-3-2-4-6-12;1-10-7-8-12(14)13(9-10)17(15,16)11-5-3-2-4-6-11;13-11-8-4-5-9-12(11)16(14,15)10-6-2-1-3-7-10/h2-16H,17H2,1H3;3-8,15-16H,1-2H3;3-10H,1-2H3;2-10H,11H2,1H3;2-10H,1H3;2-9,14H,1H3;1-9H. The first-order chi connectivity index (χ1) is 63.7. The van der Waals surface area contributed by atoms with Gasteiger partial charge in [-0.15, -0.1) is 0 Å². The maximum absolute atomic E-state index is 13.0. The van der Waals surface area contributed by atoms with Crippen LogP contribution < -0.4 is 0 Å². The molecule has 698 valence electrons. The highest BCUT2D eigenvalue weighted by Crippen LogP contribution is 2.37. The van der Waals surface area contributed by atoms with Crippen LogP contribution in [-0.4, -0.2) is 97.3 Å². The van der Waals surface area contributed by atoms with Crippen molar-refractivity contribution < 1.29 is 91.1 Å². The Morgan fingerprint density at radius 2 is 0.504 bits per heavy atom. The van der Waals surface area contributed by atoms with Crippen molar-refractivity contribution in [2.24, 2.45) is 0 Å². The molecule has 31 heteroatoms. The largest absolute Gasteiger partial charge is 0.507 e. The van der Waals surface area contributed by atoms with Crippen molar-refractivity contribution in [1.29, 1.82) is 0 Å². The molecule has 0 fully saturated rings. The third-order valence-corrected chi connectivity index (χ3v) is 36.6. The van der Waals surface area contributed by atoms with E-state index in [1.807, 2.05) is 107 Å². The van der Waals surface area contributed by atoms with Crippen molar-refractivity contribution in [3.63, 3.8) is 0 Å². The van der Waals surface area contributed by atoms with E-state index in [4.69, 9.17) is 11.6 Å². The van der Waals surface area contributed by atoms with Crippen molar-refractivity contribution in [3.8, 4) is 17.2 Å². The zero-order valence-corrected chi connectivity index (χ0v) is 82.2. The van der Waals surface area contributed by atoms with Gasteiger partial charge in [0.1, 0.15) is 31.9 Å². The first-order valence-electron chi connectivity index (χ1n) is 41.1. The molecule has 0 spiro atoms. The van der Waals surface area contributed by atoms with E-state index < -0.39 is 88.5 Å². The summed E-state index contributed by atoms with van der Waals surface area (Å²) < 4.78 is 221. The van der Waals surface area contributed by atoms with Gasteiger partial charge >= 0.3 is 0 Å². The summed E-state index contributed by atoms with van der Waals surface area (Å²) in [6.07, 6.45) is 1.08. The number of fused-ring (bicyclic) bond motifs is 1. The minimum Gasteiger partial charge on any atom is -0.507 e. The Morgan fingerprint density at radius 3 is 0.926 bits per heavy atom. The molecule has 3 N–H and O–H groups in total. The normalized spacial score (nSPS) is 11.7. The number of hydrogen-bond donors (Lipinski definition) is 3. The van der Waals surface area contributed by atoms with E-state index in [1.165, 1.54) is 103 Å². The van der Waals surface area contributed by atoms with Gasteiger partial charge in [0.15, 0.2) is 29.5 Å². The molecule has 0 amide bonds. The van der Waals surface area contributed by atoms with Crippen LogP contribution in [0.3, 0.4) is 0 Å². The fourth-order valence-electron chi connectivity index (χ4n) is 13.2. The van der Waals surface area contributed by atoms with E-state index in [0.717, 1.165) is 50.4 Å². The molecular weight excluding hydrogens is 1910 g/mol. The molecule has 0 radical (unpaired) electrons. The van der Waals surface area contributed by atoms with E-state index in [9.17, 15) is 91.1 Å². The predicted molar refractivity (Wildman–Crippen MR) is 525 cm³/mol. The Morgan fingerprint density at radius 1 is 0.215 bits per heavy atom. The van der Waals surface area contributed by atoms with Gasteiger partial charge in [-0.25, -0.2) is 75.8 Å². The van der Waals surface area contributed by atoms with Gasteiger partial charge in [0.05, 0.1) is 75.3 Å². The summed E-state index contributed by atoms with van der Waals surface area (Å²) in [4.78, 5) is 2.22. The molecule has 135 heavy (non-hydrogen) atoms. The monoisotopic (exact) mass is 2000 g/mol. The Balaban J connectivity index is 0.000000165. The third kappa shape index (κ3) is 27.0. The van der Waals surface area contributed by atoms with Crippen molar-refractivity contribution in [2.75, 3.05) is 6.26 Å². The number of phenolic OH excluding ortho intramolecular Hbond substituents is 3. The average Bonchev–Trinajstić information content (AvgIpc) is 0.763. The van der Waals surface area contributed by atoms with Gasteiger partial charge < -0.3 is 15.3 Å². The first-order valence-corrected chi connectivity index (χ1v) is 55.5. The first kappa shape index (κ1) is 104. The Kier molecular flexibility index (Phi) is 34.6. The van der Waals surface area contributed by atoms with Crippen molar-refractivity contribution in [3.05, 3.63) is 443 Å². The highest BCUT2D eigenvalue weighted by Gasteiger charge is 2.29. The molecule has 16 aromatic carbocycles. The molecule has 0 aliphatic carbocycles. The maximum Gasteiger partial charge on any atom is 0.213 e. The molecule has 16 rings (SSSR count). The van der Waals surface area contributed by atoms with Crippen molar-refractivity contribution in [1.82, 2.24) is 0 Å². The van der Waals surface area contributed by atoms with Crippen molar-refractivity contribution >= 4 is 111 Å². The van der Waals surface area contributed by atoms with Crippen LogP contribution in [0.2, 0.25) is 5.02 Å². The Bertz CT molecular complexity index is 7920. The molecule has 21 nitrogen and oxygen atoms in total. The number of phenols is 3. The number of hydrogen-bond acceptors (Lipinski definition) is 21. The van der Waals surface area contributed by atoms with Gasteiger partial charge in [-0.05, 0) is 274 Å². The molecular formula is C104H95ClO21S9. The van der Waals surface area contributed by atoms with Crippen molar-refractivity contribution in [2.45, 2.75) is 133 Å². The van der Waals surface area contributed by atoms with Crippen LogP contribution in [0.5, 0.6) is 17.2 Å². The van der Waals surface area contributed by atoms with Crippen LogP contribution in [0.4, 0.5) is 0 Å². The molecule has 0 saturated heterocycles. The van der Waals surface area contributed by atoms with Gasteiger partial charge in [-0.3, -0.25) is 0 Å². The Hall–Kier alpha value is -13.0. The van der Waals surface area contributed by atoms with Crippen LogP contribution in [-0.2, 0) is 100 Å². The summed E-state index contributed by atoms with van der Waals surface area (Å²) in [5, 5.41) is 31.2.